The third kappa shape index (κ3) is 5.23. The smallest absolute Gasteiger partial charge is 0.259 e. The first-order chi connectivity index (χ1) is 17.3. The van der Waals surface area contributed by atoms with E-state index in [1.54, 1.807) is 41.4 Å². The number of fused-ring (bicyclic) bond motifs is 1. The molecule has 8 heteroatoms. The molecule has 1 aliphatic rings. The number of carbonyl (C=O) groups excluding carboxylic acids is 2. The maximum atomic E-state index is 13.6. The number of aryl methyl sites for hydroxylation is 1. The summed E-state index contributed by atoms with van der Waals surface area (Å²) in [7, 11) is 1.72. The van der Waals surface area contributed by atoms with Gasteiger partial charge in [-0.1, -0.05) is 31.2 Å². The van der Waals surface area contributed by atoms with Gasteiger partial charge in [0.15, 0.2) is 0 Å². The van der Waals surface area contributed by atoms with Crippen molar-refractivity contribution in [3.63, 3.8) is 0 Å². The minimum Gasteiger partial charge on any atom is -0.472 e. The molecule has 0 saturated heterocycles. The molecule has 0 fully saturated rings. The summed E-state index contributed by atoms with van der Waals surface area (Å²) in [6.45, 7) is 6.31. The van der Waals surface area contributed by atoms with Crippen molar-refractivity contribution in [1.82, 2.24) is 19.8 Å². The minimum absolute atomic E-state index is 0.127. The molecular weight excluding hydrogens is 456 g/mol. The predicted octanol–water partition coefficient (Wildman–Crippen LogP) is 3.44. The van der Waals surface area contributed by atoms with Gasteiger partial charge in [0.1, 0.15) is 11.7 Å². The molecule has 8 nitrogen and oxygen atoms in total. The lowest BCUT2D eigenvalue weighted by atomic mass is 9.98. The molecule has 2 aromatic heterocycles. The number of aliphatic hydroxyl groups excluding tert-OH is 1. The monoisotopic (exact) mass is 488 g/mol. The van der Waals surface area contributed by atoms with Crippen LogP contribution >= 0.6 is 0 Å². The maximum Gasteiger partial charge on any atom is 0.259 e. The molecule has 4 rings (SSSR count). The third-order valence-corrected chi connectivity index (χ3v) is 6.69. The molecule has 3 atom stereocenters. The van der Waals surface area contributed by atoms with Gasteiger partial charge in [-0.15, -0.1) is 0 Å². The van der Waals surface area contributed by atoms with Crippen LogP contribution in [0, 0.1) is 12.8 Å². The number of ether oxygens (including phenoxy) is 1. The third-order valence-electron chi connectivity index (χ3n) is 6.69. The van der Waals surface area contributed by atoms with E-state index in [-0.39, 0.29) is 36.3 Å². The molecule has 0 aliphatic carbocycles. The molecule has 2 amide bonds. The highest BCUT2D eigenvalue weighted by atomic mass is 16.5. The molecule has 0 unspecified atom stereocenters. The second-order valence-electron chi connectivity index (χ2n) is 9.44. The van der Waals surface area contributed by atoms with Crippen molar-refractivity contribution >= 4 is 11.8 Å². The summed E-state index contributed by atoms with van der Waals surface area (Å²) in [5, 5.41) is 9.88. The van der Waals surface area contributed by atoms with Crippen LogP contribution < -0.4 is 4.74 Å². The normalized spacial score (nSPS) is 18.5. The topological polar surface area (TPSA) is 95.9 Å². The van der Waals surface area contributed by atoms with Gasteiger partial charge in [0.25, 0.3) is 11.8 Å². The van der Waals surface area contributed by atoms with E-state index < -0.39 is 6.10 Å². The zero-order valence-electron chi connectivity index (χ0n) is 21.1. The van der Waals surface area contributed by atoms with Crippen LogP contribution in [0.5, 0.6) is 5.88 Å². The van der Waals surface area contributed by atoms with Crippen LogP contribution in [-0.4, -0.2) is 75.6 Å². The number of rotatable bonds is 6. The second-order valence-corrected chi connectivity index (χ2v) is 9.44. The Balaban J connectivity index is 1.70. The van der Waals surface area contributed by atoms with Crippen LogP contribution in [0.1, 0.15) is 40.1 Å². The summed E-state index contributed by atoms with van der Waals surface area (Å²) in [6, 6.07) is 12.8. The molecule has 0 spiro atoms. The van der Waals surface area contributed by atoms with Gasteiger partial charge in [0.2, 0.25) is 5.88 Å². The van der Waals surface area contributed by atoms with Crippen molar-refractivity contribution in [2.75, 3.05) is 26.7 Å². The van der Waals surface area contributed by atoms with Gasteiger partial charge in [-0.05, 0) is 43.2 Å². The maximum absolute atomic E-state index is 13.6. The number of carbonyl (C=O) groups is 2. The summed E-state index contributed by atoms with van der Waals surface area (Å²) in [4.78, 5) is 38.5. The van der Waals surface area contributed by atoms with Gasteiger partial charge in [-0.25, -0.2) is 4.98 Å². The number of hydrogen-bond donors (Lipinski definition) is 1. The predicted molar refractivity (Wildman–Crippen MR) is 137 cm³/mol. The summed E-state index contributed by atoms with van der Waals surface area (Å²) in [5.41, 5.74) is 3.70. The van der Waals surface area contributed by atoms with E-state index in [2.05, 4.69) is 9.97 Å². The lowest BCUT2D eigenvalue weighted by Crippen LogP contribution is -2.50. The van der Waals surface area contributed by atoms with E-state index in [0.717, 1.165) is 16.7 Å². The first-order valence-electron chi connectivity index (χ1n) is 12.1. The van der Waals surface area contributed by atoms with Crippen LogP contribution in [0.3, 0.4) is 0 Å². The fourth-order valence-corrected chi connectivity index (χ4v) is 4.43. The van der Waals surface area contributed by atoms with E-state index in [9.17, 15) is 14.7 Å². The Hall–Kier alpha value is -3.78. The van der Waals surface area contributed by atoms with E-state index >= 15 is 0 Å². The fraction of sp³-hybridized carbons (Fsp3) is 0.357. The number of nitrogens with zero attached hydrogens (tertiary/aromatic N) is 4. The average molecular weight is 489 g/mol. The van der Waals surface area contributed by atoms with Gasteiger partial charge < -0.3 is 19.6 Å². The SMILES string of the molecule is Cc1ccccc1-c1cnc2c(c1)C(=O)N([C@@H](C)CO)C[C@@H](C)[C@@H](CN(C)C(=O)c1cccnc1)O2. The van der Waals surface area contributed by atoms with E-state index in [1.165, 1.54) is 6.20 Å². The Kier molecular flexibility index (Phi) is 7.64. The number of hydrogen-bond acceptors (Lipinski definition) is 6. The van der Waals surface area contributed by atoms with E-state index in [0.29, 0.717) is 24.2 Å². The van der Waals surface area contributed by atoms with Crippen molar-refractivity contribution in [2.45, 2.75) is 32.9 Å². The highest BCUT2D eigenvalue weighted by molar-refractivity contribution is 5.98. The molecule has 3 heterocycles. The van der Waals surface area contributed by atoms with Crippen LogP contribution in [0.25, 0.3) is 11.1 Å². The molecule has 1 N–H and O–H groups in total. The van der Waals surface area contributed by atoms with Crippen LogP contribution in [0.2, 0.25) is 0 Å². The number of benzene rings is 1. The van der Waals surface area contributed by atoms with Gasteiger partial charge in [0.05, 0.1) is 24.8 Å². The van der Waals surface area contributed by atoms with Crippen LogP contribution in [-0.2, 0) is 0 Å². The largest absolute Gasteiger partial charge is 0.472 e. The fourth-order valence-electron chi connectivity index (χ4n) is 4.43. The Morgan fingerprint density at radius 1 is 1.22 bits per heavy atom. The van der Waals surface area contributed by atoms with Crippen LogP contribution in [0.15, 0.2) is 61.1 Å². The first-order valence-corrected chi connectivity index (χ1v) is 12.1. The Morgan fingerprint density at radius 2 is 2.00 bits per heavy atom. The quantitative estimate of drug-likeness (QED) is 0.571. The lowest BCUT2D eigenvalue weighted by Gasteiger charge is -2.37. The molecule has 0 bridgehead atoms. The second kappa shape index (κ2) is 10.9. The summed E-state index contributed by atoms with van der Waals surface area (Å²) >= 11 is 0. The van der Waals surface area contributed by atoms with Gasteiger partial charge in [0, 0.05) is 43.7 Å². The van der Waals surface area contributed by atoms with E-state index in [1.807, 2.05) is 51.1 Å². The van der Waals surface area contributed by atoms with Gasteiger partial charge in [-0.3, -0.25) is 14.6 Å². The number of aliphatic hydroxyl groups is 1. The Morgan fingerprint density at radius 3 is 2.69 bits per heavy atom. The summed E-state index contributed by atoms with van der Waals surface area (Å²) < 4.78 is 6.33. The van der Waals surface area contributed by atoms with Crippen molar-refractivity contribution in [3.8, 4) is 17.0 Å². The zero-order chi connectivity index (χ0) is 25.8. The first kappa shape index (κ1) is 25.3. The van der Waals surface area contributed by atoms with E-state index in [4.69, 9.17) is 4.74 Å². The van der Waals surface area contributed by atoms with Crippen molar-refractivity contribution in [3.05, 3.63) is 77.7 Å². The van der Waals surface area contributed by atoms with Crippen molar-refractivity contribution in [1.29, 1.82) is 0 Å². The molecule has 3 aromatic rings. The zero-order valence-corrected chi connectivity index (χ0v) is 21.1. The number of aromatic nitrogens is 2. The number of likely N-dealkylation sites (N-methyl/N-ethyl adjacent to an activating group) is 1. The Labute approximate surface area is 211 Å². The highest BCUT2D eigenvalue weighted by Gasteiger charge is 2.35. The van der Waals surface area contributed by atoms with Gasteiger partial charge in [-0.2, -0.15) is 0 Å². The number of amides is 2. The molecule has 188 valence electrons. The highest BCUT2D eigenvalue weighted by Crippen LogP contribution is 2.31. The van der Waals surface area contributed by atoms with Crippen molar-refractivity contribution < 1.29 is 19.4 Å². The van der Waals surface area contributed by atoms with Crippen LogP contribution in [0.4, 0.5) is 0 Å². The molecule has 1 aromatic carbocycles. The average Bonchev–Trinajstić information content (AvgIpc) is 2.90. The lowest BCUT2D eigenvalue weighted by molar-refractivity contribution is 0.0313. The molecular formula is C28H32N4O4. The molecule has 0 saturated carbocycles. The molecule has 1 aliphatic heterocycles. The number of pyridine rings is 2. The molecule has 0 radical (unpaired) electrons. The summed E-state index contributed by atoms with van der Waals surface area (Å²) in [6.07, 6.45) is 4.45. The summed E-state index contributed by atoms with van der Waals surface area (Å²) in [5.74, 6) is -0.301. The van der Waals surface area contributed by atoms with Crippen molar-refractivity contribution in [2.24, 2.45) is 5.92 Å². The standard InChI is InChI=1S/C28H32N4O4/c1-18-8-5-6-10-23(18)22-12-24-26(30-14-22)36-25(19(2)15-32(28(24)35)20(3)17-33)16-31(4)27(34)21-9-7-11-29-13-21/h5-14,19-20,25,33H,15-17H2,1-4H3/t19-,20+,25-/m1/s1. The Bertz CT molecular complexity index is 1230. The minimum atomic E-state index is -0.423. The molecule has 36 heavy (non-hydrogen) atoms. The van der Waals surface area contributed by atoms with Gasteiger partial charge >= 0.3 is 0 Å².